The molecule has 0 unspecified atom stereocenters. The summed E-state index contributed by atoms with van der Waals surface area (Å²) in [5.41, 5.74) is 1.17. The molecule has 2 atom stereocenters. The van der Waals surface area contributed by atoms with E-state index in [0.29, 0.717) is 31.7 Å². The fraction of sp³-hybridized carbons (Fsp3) is 0.591. The van der Waals surface area contributed by atoms with Gasteiger partial charge >= 0.3 is 5.97 Å². The number of carbonyl (C=O) groups is 3. The number of para-hydroxylation sites is 1. The molecule has 1 aliphatic heterocycles. The number of benzene rings is 1. The van der Waals surface area contributed by atoms with E-state index in [9.17, 15) is 14.4 Å². The van der Waals surface area contributed by atoms with Crippen LogP contribution in [-0.2, 0) is 19.1 Å². The minimum absolute atomic E-state index is 0.0202. The minimum atomic E-state index is -0.305. The van der Waals surface area contributed by atoms with E-state index >= 15 is 0 Å². The summed E-state index contributed by atoms with van der Waals surface area (Å²) >= 11 is 0. The molecule has 2 bridgehead atoms. The van der Waals surface area contributed by atoms with Crippen molar-refractivity contribution in [3.8, 4) is 0 Å². The Morgan fingerprint density at radius 1 is 0.964 bits per heavy atom. The van der Waals surface area contributed by atoms with E-state index < -0.39 is 0 Å². The highest BCUT2D eigenvalue weighted by Gasteiger charge is 2.42. The number of piperazine rings is 1. The van der Waals surface area contributed by atoms with Crippen LogP contribution in [0.2, 0.25) is 0 Å². The van der Waals surface area contributed by atoms with Crippen molar-refractivity contribution >= 4 is 23.3 Å². The summed E-state index contributed by atoms with van der Waals surface area (Å²) in [5.74, 6) is -0.286. The van der Waals surface area contributed by atoms with E-state index in [1.807, 2.05) is 18.2 Å². The van der Waals surface area contributed by atoms with E-state index in [4.69, 9.17) is 4.74 Å². The number of Topliss-reactive ketones (excluding diaryl/α,β-unsaturated/α-hetero) is 1. The van der Waals surface area contributed by atoms with Gasteiger partial charge in [-0.2, -0.15) is 0 Å². The summed E-state index contributed by atoms with van der Waals surface area (Å²) in [4.78, 5) is 41.1. The van der Waals surface area contributed by atoms with E-state index in [0.717, 1.165) is 32.4 Å². The number of anilines is 1. The second-order valence-corrected chi connectivity index (χ2v) is 8.21. The lowest BCUT2D eigenvalue weighted by molar-refractivity contribution is -0.159. The Kier molecular flexibility index (Phi) is 5.64. The molecule has 0 spiro atoms. The van der Waals surface area contributed by atoms with Crippen molar-refractivity contribution in [3.05, 3.63) is 30.3 Å². The molecule has 1 saturated heterocycles. The number of ketones is 1. The van der Waals surface area contributed by atoms with Gasteiger partial charge in [-0.15, -0.1) is 0 Å². The van der Waals surface area contributed by atoms with Gasteiger partial charge in [0.1, 0.15) is 5.78 Å². The van der Waals surface area contributed by atoms with E-state index in [-0.39, 0.29) is 36.2 Å². The largest absolute Gasteiger partial charge is 0.455 e. The number of carbonyl (C=O) groups excluding carboxylic acids is 3. The monoisotopic (exact) mass is 384 g/mol. The van der Waals surface area contributed by atoms with E-state index in [1.165, 1.54) is 5.69 Å². The Morgan fingerprint density at radius 3 is 2.25 bits per heavy atom. The third kappa shape index (κ3) is 4.05. The van der Waals surface area contributed by atoms with Gasteiger partial charge in [-0.1, -0.05) is 24.6 Å². The van der Waals surface area contributed by atoms with Crippen molar-refractivity contribution < 1.29 is 19.1 Å². The molecule has 1 aromatic carbocycles. The molecule has 3 fully saturated rings. The van der Waals surface area contributed by atoms with Crippen molar-refractivity contribution in [2.24, 2.45) is 17.8 Å². The highest BCUT2D eigenvalue weighted by atomic mass is 16.5. The van der Waals surface area contributed by atoms with Crippen LogP contribution in [0.3, 0.4) is 0 Å². The molecule has 0 N–H and O–H groups in total. The molecule has 3 aliphatic rings. The number of rotatable bonds is 4. The Bertz CT molecular complexity index is 711. The Balaban J connectivity index is 1.23. The fourth-order valence-corrected chi connectivity index (χ4v) is 4.87. The molecule has 28 heavy (non-hydrogen) atoms. The molecule has 6 nitrogen and oxygen atoms in total. The summed E-state index contributed by atoms with van der Waals surface area (Å²) in [7, 11) is 0. The number of nitrogens with zero attached hydrogens (tertiary/aromatic N) is 2. The maximum Gasteiger partial charge on any atom is 0.309 e. The summed E-state index contributed by atoms with van der Waals surface area (Å²) in [6.07, 6.45) is 4.06. The normalized spacial score (nSPS) is 27.4. The SMILES string of the molecule is O=C(OCC(=O)N1CCN(c2ccccc2)CC1)C1C[C@@H]2CCC[C@@H](C1)C2=O. The minimum Gasteiger partial charge on any atom is -0.455 e. The number of hydrogen-bond donors (Lipinski definition) is 0. The average Bonchev–Trinajstić information content (AvgIpc) is 2.72. The standard InChI is InChI=1S/C22H28N2O4/c25-20(24-11-9-23(10-12-24)19-7-2-1-3-8-19)15-28-22(27)18-13-16-5-4-6-17(14-18)21(16)26/h1-3,7-8,16-18H,4-6,9-15H2/t16-,17-/m0/s1. The molecule has 150 valence electrons. The predicted molar refractivity (Wildman–Crippen MR) is 105 cm³/mol. The smallest absolute Gasteiger partial charge is 0.309 e. The highest BCUT2D eigenvalue weighted by molar-refractivity contribution is 5.88. The molecule has 1 aromatic rings. The van der Waals surface area contributed by atoms with Crippen LogP contribution in [0, 0.1) is 17.8 Å². The predicted octanol–water partition coefficient (Wildman–Crippen LogP) is 2.27. The first-order valence-corrected chi connectivity index (χ1v) is 10.4. The van der Waals surface area contributed by atoms with Crippen molar-refractivity contribution in [1.82, 2.24) is 4.90 Å². The fourth-order valence-electron chi connectivity index (χ4n) is 4.87. The van der Waals surface area contributed by atoms with Gasteiger partial charge in [0, 0.05) is 43.7 Å². The summed E-state index contributed by atoms with van der Waals surface area (Å²) < 4.78 is 5.35. The lowest BCUT2D eigenvalue weighted by Crippen LogP contribution is -2.50. The van der Waals surface area contributed by atoms with Crippen LogP contribution in [0.15, 0.2) is 30.3 Å². The molecule has 1 heterocycles. The van der Waals surface area contributed by atoms with Gasteiger partial charge in [0.25, 0.3) is 5.91 Å². The lowest BCUT2D eigenvalue weighted by Gasteiger charge is -2.37. The summed E-state index contributed by atoms with van der Waals surface area (Å²) in [6, 6.07) is 10.2. The van der Waals surface area contributed by atoms with Crippen molar-refractivity contribution in [3.63, 3.8) is 0 Å². The van der Waals surface area contributed by atoms with Crippen LogP contribution in [0.1, 0.15) is 32.1 Å². The summed E-state index contributed by atoms with van der Waals surface area (Å²) in [5, 5.41) is 0. The zero-order chi connectivity index (χ0) is 19.5. The van der Waals surface area contributed by atoms with Gasteiger partial charge in [-0.05, 0) is 37.8 Å². The second kappa shape index (κ2) is 8.33. The number of fused-ring (bicyclic) bond motifs is 2. The van der Waals surface area contributed by atoms with Crippen molar-refractivity contribution in [1.29, 1.82) is 0 Å². The number of hydrogen-bond acceptors (Lipinski definition) is 5. The first kappa shape index (κ1) is 19.0. The van der Waals surface area contributed by atoms with E-state index in [1.54, 1.807) is 4.90 Å². The molecule has 0 aromatic heterocycles. The topological polar surface area (TPSA) is 66.9 Å². The van der Waals surface area contributed by atoms with Gasteiger partial charge in [0.15, 0.2) is 6.61 Å². The molecule has 6 heteroatoms. The van der Waals surface area contributed by atoms with Gasteiger partial charge in [-0.25, -0.2) is 0 Å². The van der Waals surface area contributed by atoms with Crippen LogP contribution in [0.5, 0.6) is 0 Å². The number of ether oxygens (including phenoxy) is 1. The molecule has 2 saturated carbocycles. The van der Waals surface area contributed by atoms with Crippen LogP contribution in [0.4, 0.5) is 5.69 Å². The highest BCUT2D eigenvalue weighted by Crippen LogP contribution is 2.40. The maximum absolute atomic E-state index is 12.5. The van der Waals surface area contributed by atoms with E-state index in [2.05, 4.69) is 17.0 Å². The first-order chi connectivity index (χ1) is 13.6. The third-order valence-electron chi connectivity index (χ3n) is 6.47. The van der Waals surface area contributed by atoms with Gasteiger partial charge in [-0.3, -0.25) is 14.4 Å². The molecule has 0 radical (unpaired) electrons. The van der Waals surface area contributed by atoms with Crippen molar-refractivity contribution in [2.45, 2.75) is 32.1 Å². The molecular formula is C22H28N2O4. The van der Waals surface area contributed by atoms with Crippen LogP contribution in [0.25, 0.3) is 0 Å². The third-order valence-corrected chi connectivity index (χ3v) is 6.47. The number of amides is 1. The summed E-state index contributed by atoms with van der Waals surface area (Å²) in [6.45, 7) is 2.63. The van der Waals surface area contributed by atoms with Gasteiger partial charge < -0.3 is 14.5 Å². The average molecular weight is 384 g/mol. The van der Waals surface area contributed by atoms with Crippen LogP contribution >= 0.6 is 0 Å². The second-order valence-electron chi connectivity index (χ2n) is 8.21. The molecular weight excluding hydrogens is 356 g/mol. The maximum atomic E-state index is 12.5. The van der Waals surface area contributed by atoms with Crippen LogP contribution in [-0.4, -0.2) is 55.3 Å². The van der Waals surface area contributed by atoms with Gasteiger partial charge in [0.2, 0.25) is 0 Å². The zero-order valence-electron chi connectivity index (χ0n) is 16.2. The molecule has 2 aliphatic carbocycles. The van der Waals surface area contributed by atoms with Crippen LogP contribution < -0.4 is 4.90 Å². The quantitative estimate of drug-likeness (QED) is 0.745. The Labute approximate surface area is 165 Å². The lowest BCUT2D eigenvalue weighted by atomic mass is 9.67. The Hall–Kier alpha value is -2.37. The molecule has 1 amide bonds. The van der Waals surface area contributed by atoms with Gasteiger partial charge in [0.05, 0.1) is 5.92 Å². The Morgan fingerprint density at radius 2 is 1.61 bits per heavy atom. The number of esters is 1. The van der Waals surface area contributed by atoms with Crippen molar-refractivity contribution in [2.75, 3.05) is 37.7 Å². The zero-order valence-corrected chi connectivity index (χ0v) is 16.2. The first-order valence-electron chi connectivity index (χ1n) is 10.4. The molecule has 4 rings (SSSR count).